The minimum atomic E-state index is -0.951. The van der Waals surface area contributed by atoms with E-state index in [-0.39, 0.29) is 30.4 Å². The molecule has 7 nitrogen and oxygen atoms in total. The summed E-state index contributed by atoms with van der Waals surface area (Å²) in [4.78, 5) is 27.4. The first-order chi connectivity index (χ1) is 16.2. The molecule has 0 bridgehead atoms. The molecule has 1 aliphatic heterocycles. The van der Waals surface area contributed by atoms with E-state index in [1.165, 1.54) is 17.0 Å². The van der Waals surface area contributed by atoms with Gasteiger partial charge in [0.05, 0.1) is 24.8 Å². The molecule has 9 heteroatoms. The maximum Gasteiger partial charge on any atom is 0.243 e. The van der Waals surface area contributed by atoms with Gasteiger partial charge < -0.3 is 25.7 Å². The molecule has 0 radical (unpaired) electrons. The van der Waals surface area contributed by atoms with Crippen LogP contribution < -0.4 is 10.6 Å². The van der Waals surface area contributed by atoms with Crippen molar-refractivity contribution in [2.75, 3.05) is 20.2 Å². The molecule has 1 aliphatic rings. The number of benzene rings is 2. The minimum absolute atomic E-state index is 0.00872. The summed E-state index contributed by atoms with van der Waals surface area (Å²) in [6, 6.07) is 8.17. The molecule has 1 saturated heterocycles. The number of amides is 2. The number of carbonyl (C=O) groups excluding carboxylic acids is 2. The number of nitrogens with zero attached hydrogens (tertiary/aromatic N) is 1. The monoisotopic (exact) mass is 475 g/mol. The number of aliphatic hydroxyl groups is 2. The van der Waals surface area contributed by atoms with Crippen LogP contribution in [0.25, 0.3) is 11.1 Å². The Hall–Kier alpha value is -2.88. The van der Waals surface area contributed by atoms with Gasteiger partial charge in [-0.05, 0) is 30.2 Å². The molecular formula is C25H31F2N3O4. The van der Waals surface area contributed by atoms with Crippen molar-refractivity contribution in [2.24, 2.45) is 5.92 Å². The lowest BCUT2D eigenvalue weighted by molar-refractivity contribution is -0.141. The van der Waals surface area contributed by atoms with Crippen LogP contribution in [0.4, 0.5) is 8.78 Å². The zero-order chi connectivity index (χ0) is 25.0. The number of likely N-dealkylation sites (tertiary alicyclic amines) is 1. The van der Waals surface area contributed by atoms with Crippen molar-refractivity contribution in [1.29, 1.82) is 0 Å². The molecule has 3 rings (SSSR count). The summed E-state index contributed by atoms with van der Waals surface area (Å²) < 4.78 is 27.6. The predicted octanol–water partition coefficient (Wildman–Crippen LogP) is 1.99. The Bertz CT molecular complexity index is 1020. The first-order valence-electron chi connectivity index (χ1n) is 11.3. The normalized spacial score (nSPS) is 19.8. The molecule has 4 atom stereocenters. The van der Waals surface area contributed by atoms with E-state index in [4.69, 9.17) is 0 Å². The van der Waals surface area contributed by atoms with E-state index in [0.717, 1.165) is 6.07 Å². The second-order valence-corrected chi connectivity index (χ2v) is 8.87. The highest BCUT2D eigenvalue weighted by atomic mass is 19.2. The molecule has 34 heavy (non-hydrogen) atoms. The smallest absolute Gasteiger partial charge is 0.243 e. The fraction of sp³-hybridized carbons (Fsp3) is 0.440. The zero-order valence-corrected chi connectivity index (χ0v) is 19.5. The summed E-state index contributed by atoms with van der Waals surface area (Å²) in [5.74, 6) is -2.66. The number of hydrogen-bond acceptors (Lipinski definition) is 5. The first-order valence-corrected chi connectivity index (χ1v) is 11.3. The number of nitrogens with one attached hydrogen (secondary N) is 2. The highest BCUT2D eigenvalue weighted by Crippen LogP contribution is 2.27. The lowest BCUT2D eigenvalue weighted by Gasteiger charge is -2.30. The number of rotatable bonds is 8. The predicted molar refractivity (Wildman–Crippen MR) is 124 cm³/mol. The van der Waals surface area contributed by atoms with Crippen LogP contribution in [-0.4, -0.2) is 65.3 Å². The van der Waals surface area contributed by atoms with Gasteiger partial charge in [0.15, 0.2) is 11.6 Å². The third kappa shape index (κ3) is 5.43. The summed E-state index contributed by atoms with van der Waals surface area (Å²) in [6.45, 7) is 3.43. The van der Waals surface area contributed by atoms with Crippen molar-refractivity contribution >= 4 is 11.8 Å². The Kier molecular flexibility index (Phi) is 8.35. The number of β-amino-alcohol motifs (C(OH)–C–C–N with tert-alkyl or cyclic N) is 1. The van der Waals surface area contributed by atoms with E-state index in [1.54, 1.807) is 31.3 Å². The van der Waals surface area contributed by atoms with E-state index in [9.17, 15) is 28.6 Å². The quantitative estimate of drug-likeness (QED) is 0.468. The Balaban J connectivity index is 1.76. The van der Waals surface area contributed by atoms with Gasteiger partial charge in [-0.2, -0.15) is 0 Å². The molecule has 2 amide bonds. The summed E-state index contributed by atoms with van der Waals surface area (Å²) >= 11 is 0. The van der Waals surface area contributed by atoms with Gasteiger partial charge in [-0.3, -0.25) is 9.59 Å². The minimum Gasteiger partial charge on any atom is -0.394 e. The summed E-state index contributed by atoms with van der Waals surface area (Å²) in [5, 5.41) is 25.8. The van der Waals surface area contributed by atoms with Crippen molar-refractivity contribution in [2.45, 2.75) is 44.5 Å². The van der Waals surface area contributed by atoms with Gasteiger partial charge >= 0.3 is 0 Å². The molecular weight excluding hydrogens is 444 g/mol. The Morgan fingerprint density at radius 2 is 1.82 bits per heavy atom. The van der Waals surface area contributed by atoms with Crippen LogP contribution in [0.2, 0.25) is 0 Å². The van der Waals surface area contributed by atoms with E-state index < -0.39 is 48.4 Å². The van der Waals surface area contributed by atoms with Crippen molar-refractivity contribution in [3.05, 3.63) is 59.7 Å². The van der Waals surface area contributed by atoms with Crippen LogP contribution in [0.1, 0.15) is 31.9 Å². The molecule has 0 aliphatic carbocycles. The fourth-order valence-electron chi connectivity index (χ4n) is 4.35. The molecule has 0 spiro atoms. The summed E-state index contributed by atoms with van der Waals surface area (Å²) in [7, 11) is 1.67. The number of likely N-dealkylation sites (N-methyl/N-ethyl adjacent to an activating group) is 1. The second kappa shape index (κ2) is 11.0. The van der Waals surface area contributed by atoms with Crippen LogP contribution in [0.5, 0.6) is 0 Å². The van der Waals surface area contributed by atoms with Crippen molar-refractivity contribution in [3.63, 3.8) is 0 Å². The maximum absolute atomic E-state index is 14.1. The van der Waals surface area contributed by atoms with Crippen LogP contribution in [0.15, 0.2) is 42.5 Å². The fourth-order valence-corrected chi connectivity index (χ4v) is 4.35. The Morgan fingerprint density at radius 1 is 1.15 bits per heavy atom. The van der Waals surface area contributed by atoms with Gasteiger partial charge in [-0.1, -0.05) is 50.2 Å². The van der Waals surface area contributed by atoms with Crippen LogP contribution in [0, 0.1) is 17.6 Å². The highest BCUT2D eigenvalue weighted by molar-refractivity contribution is 5.91. The Labute approximate surface area is 197 Å². The van der Waals surface area contributed by atoms with Gasteiger partial charge in [0.25, 0.3) is 0 Å². The molecule has 2 aromatic carbocycles. The molecule has 1 heterocycles. The van der Waals surface area contributed by atoms with Gasteiger partial charge in [0, 0.05) is 18.5 Å². The molecule has 1 fully saturated rings. The van der Waals surface area contributed by atoms with Crippen LogP contribution in [-0.2, 0) is 9.59 Å². The van der Waals surface area contributed by atoms with Gasteiger partial charge in [-0.25, -0.2) is 8.78 Å². The Morgan fingerprint density at radius 3 is 2.41 bits per heavy atom. The molecule has 4 N–H and O–H groups in total. The average molecular weight is 476 g/mol. The summed E-state index contributed by atoms with van der Waals surface area (Å²) in [5.41, 5.74) is 1.11. The van der Waals surface area contributed by atoms with Gasteiger partial charge in [0.2, 0.25) is 11.8 Å². The van der Waals surface area contributed by atoms with E-state index in [1.807, 2.05) is 13.8 Å². The number of hydrogen-bond donors (Lipinski definition) is 4. The largest absolute Gasteiger partial charge is 0.394 e. The average Bonchev–Trinajstić information content (AvgIpc) is 3.21. The maximum atomic E-state index is 14.1. The van der Waals surface area contributed by atoms with E-state index in [0.29, 0.717) is 11.1 Å². The van der Waals surface area contributed by atoms with Crippen LogP contribution in [0.3, 0.4) is 0 Å². The van der Waals surface area contributed by atoms with Gasteiger partial charge in [-0.15, -0.1) is 0 Å². The van der Waals surface area contributed by atoms with E-state index >= 15 is 0 Å². The molecule has 0 saturated carbocycles. The second-order valence-electron chi connectivity index (χ2n) is 8.87. The third-order valence-electron chi connectivity index (χ3n) is 6.18. The highest BCUT2D eigenvalue weighted by Gasteiger charge is 2.41. The molecule has 0 aromatic heterocycles. The molecule has 0 unspecified atom stereocenters. The lowest BCUT2D eigenvalue weighted by Crippen LogP contribution is -2.54. The standard InChI is InChI=1S/C25H31F2N3O4/c1-14(2)23(28-3)25(34)30-12-17(32)11-21(30)24(33)29-20(13-31)16-9-7-15(8-10-16)18-5-4-6-19(26)22(18)27/h4-10,14,17,20-21,23,28,31-32H,11-13H2,1-3H3,(H,29,33)/t17-,20+,21+,23+/m1/s1. The third-order valence-corrected chi connectivity index (χ3v) is 6.18. The number of halogens is 2. The zero-order valence-electron chi connectivity index (χ0n) is 19.5. The van der Waals surface area contributed by atoms with Crippen molar-refractivity contribution in [3.8, 4) is 11.1 Å². The number of carbonyl (C=O) groups is 2. The number of aliphatic hydroxyl groups excluding tert-OH is 2. The van der Waals surface area contributed by atoms with Crippen molar-refractivity contribution < 1.29 is 28.6 Å². The van der Waals surface area contributed by atoms with Crippen molar-refractivity contribution in [1.82, 2.24) is 15.5 Å². The lowest BCUT2D eigenvalue weighted by atomic mass is 10.00. The summed E-state index contributed by atoms with van der Waals surface area (Å²) in [6.07, 6.45) is -0.723. The van der Waals surface area contributed by atoms with Gasteiger partial charge in [0.1, 0.15) is 6.04 Å². The van der Waals surface area contributed by atoms with E-state index in [2.05, 4.69) is 10.6 Å². The molecule has 184 valence electrons. The SMILES string of the molecule is CN[C@H](C(=O)N1C[C@H](O)C[C@H]1C(=O)N[C@@H](CO)c1ccc(-c2cccc(F)c2F)cc1)C(C)C. The molecule has 2 aromatic rings. The first kappa shape index (κ1) is 25.7. The van der Waals surface area contributed by atoms with Crippen LogP contribution >= 0.6 is 0 Å². The topological polar surface area (TPSA) is 102 Å².